The number of benzene rings is 3. The van der Waals surface area contributed by atoms with Crippen molar-refractivity contribution in [2.45, 2.75) is 25.8 Å². The molecule has 0 saturated heterocycles. The number of imide groups is 1. The normalized spacial score (nSPS) is 14.2. The van der Waals surface area contributed by atoms with Gasteiger partial charge in [-0.3, -0.25) is 19.3 Å². The van der Waals surface area contributed by atoms with Gasteiger partial charge in [0.1, 0.15) is 0 Å². The molecule has 0 spiro atoms. The molecule has 146 valence electrons. The summed E-state index contributed by atoms with van der Waals surface area (Å²) in [5.74, 6) is -0.660. The average molecular weight is 386 g/mol. The van der Waals surface area contributed by atoms with Gasteiger partial charge in [0.25, 0.3) is 11.8 Å². The topological polar surface area (TPSA) is 66.5 Å². The van der Waals surface area contributed by atoms with E-state index in [0.29, 0.717) is 17.5 Å². The Kier molecular flexibility index (Phi) is 5.12. The van der Waals surface area contributed by atoms with Crippen LogP contribution in [-0.2, 0) is 4.79 Å². The number of fused-ring (bicyclic) bond motifs is 2. The molecule has 0 bridgehead atoms. The highest BCUT2D eigenvalue weighted by Gasteiger charge is 2.34. The Hall–Kier alpha value is -3.47. The molecule has 0 radical (unpaired) electrons. The zero-order valence-electron chi connectivity index (χ0n) is 16.2. The minimum Gasteiger partial charge on any atom is -0.350 e. The van der Waals surface area contributed by atoms with Gasteiger partial charge < -0.3 is 5.32 Å². The first kappa shape index (κ1) is 18.9. The van der Waals surface area contributed by atoms with Crippen LogP contribution in [0.25, 0.3) is 10.8 Å². The van der Waals surface area contributed by atoms with Crippen LogP contribution in [0.2, 0.25) is 0 Å². The van der Waals surface area contributed by atoms with Gasteiger partial charge in [0.05, 0.1) is 17.2 Å². The van der Waals surface area contributed by atoms with Crippen molar-refractivity contribution in [2.75, 3.05) is 6.54 Å². The highest BCUT2D eigenvalue weighted by atomic mass is 16.2. The van der Waals surface area contributed by atoms with Crippen LogP contribution in [0.4, 0.5) is 0 Å². The Balaban J connectivity index is 1.34. The van der Waals surface area contributed by atoms with E-state index in [-0.39, 0.29) is 36.7 Å². The molecule has 1 atom stereocenters. The van der Waals surface area contributed by atoms with Crippen molar-refractivity contribution in [3.63, 3.8) is 0 Å². The predicted molar refractivity (Wildman–Crippen MR) is 112 cm³/mol. The maximum Gasteiger partial charge on any atom is 0.261 e. The molecule has 3 aromatic rings. The number of hydrogen-bond acceptors (Lipinski definition) is 3. The Morgan fingerprint density at radius 3 is 2.24 bits per heavy atom. The van der Waals surface area contributed by atoms with Gasteiger partial charge in [0.2, 0.25) is 5.91 Å². The summed E-state index contributed by atoms with van der Waals surface area (Å²) in [5.41, 5.74) is 1.94. The largest absolute Gasteiger partial charge is 0.350 e. The summed E-state index contributed by atoms with van der Waals surface area (Å²) in [6, 6.07) is 20.8. The van der Waals surface area contributed by atoms with E-state index in [2.05, 4.69) is 23.5 Å². The highest BCUT2D eigenvalue weighted by molar-refractivity contribution is 6.21. The maximum atomic E-state index is 12.4. The second-order valence-electron chi connectivity index (χ2n) is 7.27. The summed E-state index contributed by atoms with van der Waals surface area (Å²) in [6.45, 7) is 2.20. The summed E-state index contributed by atoms with van der Waals surface area (Å²) >= 11 is 0. The average Bonchev–Trinajstić information content (AvgIpc) is 2.98. The lowest BCUT2D eigenvalue weighted by atomic mass is 9.99. The molecule has 0 aromatic heterocycles. The van der Waals surface area contributed by atoms with E-state index in [1.807, 2.05) is 31.2 Å². The second kappa shape index (κ2) is 7.87. The van der Waals surface area contributed by atoms with Crippen molar-refractivity contribution < 1.29 is 14.4 Å². The SMILES string of the molecule is CC(NC(=O)CCCN1C(=O)c2ccccc2C1=O)c1cccc2ccccc12. The third-order valence-electron chi connectivity index (χ3n) is 5.33. The van der Waals surface area contributed by atoms with E-state index in [1.54, 1.807) is 24.3 Å². The summed E-state index contributed by atoms with van der Waals surface area (Å²) in [7, 11) is 0. The van der Waals surface area contributed by atoms with Crippen molar-refractivity contribution >= 4 is 28.5 Å². The Bertz CT molecular complexity index is 1070. The molecule has 1 aliphatic rings. The Labute approximate surface area is 169 Å². The summed E-state index contributed by atoms with van der Waals surface area (Å²) in [5, 5.41) is 5.28. The first-order chi connectivity index (χ1) is 14.1. The Morgan fingerprint density at radius 1 is 0.897 bits per heavy atom. The fourth-order valence-electron chi connectivity index (χ4n) is 3.86. The molecule has 1 heterocycles. The van der Waals surface area contributed by atoms with Gasteiger partial charge in [-0.1, -0.05) is 54.6 Å². The van der Waals surface area contributed by atoms with Crippen LogP contribution >= 0.6 is 0 Å². The Morgan fingerprint density at radius 2 is 1.52 bits per heavy atom. The standard InChI is InChI=1S/C24H22N2O3/c1-16(18-13-6-9-17-8-2-3-10-19(17)18)25-22(27)14-7-15-26-23(28)20-11-4-5-12-21(20)24(26)29/h2-6,8-13,16H,7,14-15H2,1H3,(H,25,27). The van der Waals surface area contributed by atoms with Gasteiger partial charge in [-0.05, 0) is 41.8 Å². The van der Waals surface area contributed by atoms with Gasteiger partial charge in [-0.15, -0.1) is 0 Å². The summed E-state index contributed by atoms with van der Waals surface area (Å²) < 4.78 is 0. The number of amides is 3. The van der Waals surface area contributed by atoms with E-state index in [1.165, 1.54) is 4.90 Å². The van der Waals surface area contributed by atoms with Crippen LogP contribution in [0, 0.1) is 0 Å². The molecular formula is C24H22N2O3. The monoisotopic (exact) mass is 386 g/mol. The van der Waals surface area contributed by atoms with Crippen molar-refractivity contribution in [3.8, 4) is 0 Å². The molecule has 1 unspecified atom stereocenters. The van der Waals surface area contributed by atoms with Crippen LogP contribution in [-0.4, -0.2) is 29.2 Å². The first-order valence-corrected chi connectivity index (χ1v) is 9.78. The van der Waals surface area contributed by atoms with E-state index >= 15 is 0 Å². The molecule has 29 heavy (non-hydrogen) atoms. The molecule has 3 aromatic carbocycles. The minimum atomic E-state index is -0.282. The fourth-order valence-corrected chi connectivity index (χ4v) is 3.86. The van der Waals surface area contributed by atoms with Crippen LogP contribution < -0.4 is 5.32 Å². The third kappa shape index (κ3) is 3.63. The smallest absolute Gasteiger partial charge is 0.261 e. The zero-order valence-corrected chi connectivity index (χ0v) is 16.2. The number of nitrogens with zero attached hydrogens (tertiary/aromatic N) is 1. The molecule has 5 heteroatoms. The molecule has 1 N–H and O–H groups in total. The van der Waals surface area contributed by atoms with Crippen molar-refractivity contribution in [1.82, 2.24) is 10.2 Å². The lowest BCUT2D eigenvalue weighted by Crippen LogP contribution is -2.32. The molecule has 1 aliphatic heterocycles. The zero-order chi connectivity index (χ0) is 20.4. The van der Waals surface area contributed by atoms with E-state index in [9.17, 15) is 14.4 Å². The van der Waals surface area contributed by atoms with Crippen LogP contribution in [0.1, 0.15) is 52.1 Å². The molecule has 5 nitrogen and oxygen atoms in total. The number of rotatable bonds is 6. The lowest BCUT2D eigenvalue weighted by molar-refractivity contribution is -0.121. The number of carbonyl (C=O) groups excluding carboxylic acids is 3. The predicted octanol–water partition coefficient (Wildman–Crippen LogP) is 4.09. The molecule has 4 rings (SSSR count). The van der Waals surface area contributed by atoms with Crippen LogP contribution in [0.15, 0.2) is 66.7 Å². The van der Waals surface area contributed by atoms with Gasteiger partial charge in [0.15, 0.2) is 0 Å². The minimum absolute atomic E-state index is 0.0953. The number of hydrogen-bond donors (Lipinski definition) is 1. The van der Waals surface area contributed by atoms with Gasteiger partial charge in [-0.25, -0.2) is 0 Å². The number of nitrogens with one attached hydrogen (secondary N) is 1. The van der Waals surface area contributed by atoms with Crippen molar-refractivity contribution in [2.24, 2.45) is 0 Å². The third-order valence-corrected chi connectivity index (χ3v) is 5.33. The number of carbonyl (C=O) groups is 3. The van der Waals surface area contributed by atoms with Crippen LogP contribution in [0.3, 0.4) is 0 Å². The van der Waals surface area contributed by atoms with E-state index < -0.39 is 0 Å². The van der Waals surface area contributed by atoms with Gasteiger partial charge in [0, 0.05) is 13.0 Å². The molecule has 0 fully saturated rings. The first-order valence-electron chi connectivity index (χ1n) is 9.78. The summed E-state index contributed by atoms with van der Waals surface area (Å²) in [4.78, 5) is 38.4. The molecular weight excluding hydrogens is 364 g/mol. The lowest BCUT2D eigenvalue weighted by Gasteiger charge is -2.17. The second-order valence-corrected chi connectivity index (χ2v) is 7.27. The van der Waals surface area contributed by atoms with E-state index in [0.717, 1.165) is 16.3 Å². The molecule has 0 aliphatic carbocycles. The maximum absolute atomic E-state index is 12.4. The van der Waals surface area contributed by atoms with Gasteiger partial charge >= 0.3 is 0 Å². The summed E-state index contributed by atoms with van der Waals surface area (Å²) in [6.07, 6.45) is 0.683. The van der Waals surface area contributed by atoms with Crippen molar-refractivity contribution in [3.05, 3.63) is 83.4 Å². The highest BCUT2D eigenvalue weighted by Crippen LogP contribution is 2.25. The quantitative estimate of drug-likeness (QED) is 0.649. The molecule has 3 amide bonds. The fraction of sp³-hybridized carbons (Fsp3) is 0.208. The molecule has 0 saturated carbocycles. The van der Waals surface area contributed by atoms with Gasteiger partial charge in [-0.2, -0.15) is 0 Å². The van der Waals surface area contributed by atoms with Crippen LogP contribution in [0.5, 0.6) is 0 Å². The van der Waals surface area contributed by atoms with Crippen molar-refractivity contribution in [1.29, 1.82) is 0 Å². The van der Waals surface area contributed by atoms with E-state index in [4.69, 9.17) is 0 Å².